The molecule has 1 aromatic carbocycles. The quantitative estimate of drug-likeness (QED) is 0.230. The fourth-order valence-electron chi connectivity index (χ4n) is 1.32. The van der Waals surface area contributed by atoms with Crippen molar-refractivity contribution in [2.45, 2.75) is 0 Å². The average molecular weight is 497 g/mol. The molecule has 1 aromatic rings. The number of hydrogen-bond donors (Lipinski definition) is 0. The predicted molar refractivity (Wildman–Crippen MR) is 73.6 cm³/mol. The molecule has 0 saturated heterocycles. The molecule has 1 heterocycles. The van der Waals surface area contributed by atoms with Gasteiger partial charge in [-0.05, 0) is 63.7 Å². The lowest BCUT2D eigenvalue weighted by Gasteiger charge is -2.07. The second-order valence-electron chi connectivity index (χ2n) is 2.90. The molecule has 16 heavy (non-hydrogen) atoms. The number of amides is 2. The van der Waals surface area contributed by atoms with Crippen LogP contribution in [0.4, 0.5) is 0 Å². The summed E-state index contributed by atoms with van der Waals surface area (Å²) in [5, 5.41) is 0. The smallest absolute Gasteiger partial charge is 0.267 e. The monoisotopic (exact) mass is 493 g/mol. The molecule has 1 aliphatic rings. The highest BCUT2D eigenvalue weighted by Gasteiger charge is 2.40. The summed E-state index contributed by atoms with van der Waals surface area (Å²) in [7, 11) is 0. The van der Waals surface area contributed by atoms with E-state index in [1.165, 1.54) is 0 Å². The minimum absolute atomic E-state index is 0.252. The van der Waals surface area contributed by atoms with Gasteiger partial charge in [-0.15, -0.1) is 0 Å². The number of fused-ring (bicyclic) bond motifs is 1. The third-order valence-electron chi connectivity index (χ3n) is 2.05. The van der Waals surface area contributed by atoms with Gasteiger partial charge in [0.25, 0.3) is 11.8 Å². The first-order valence-electron chi connectivity index (χ1n) is 3.78. The first-order valence-corrected chi connectivity index (χ1v) is 7.29. The molecular weight excluding hydrogens is 497 g/mol. The van der Waals surface area contributed by atoms with Gasteiger partial charge in [0.1, 0.15) is 0 Å². The number of halogens is 5. The Balaban J connectivity index is 2.91. The van der Waals surface area contributed by atoms with E-state index in [-0.39, 0.29) is 11.1 Å². The zero-order valence-electron chi connectivity index (χ0n) is 7.15. The van der Waals surface area contributed by atoms with Crippen LogP contribution >= 0.6 is 75.5 Å². The molecule has 2 amide bonds. The molecule has 0 spiro atoms. The molecular formula is C8Br4ClNO2. The van der Waals surface area contributed by atoms with Gasteiger partial charge in [-0.3, -0.25) is 9.59 Å². The maximum atomic E-state index is 11.7. The largest absolute Gasteiger partial charge is 0.277 e. The third kappa shape index (κ3) is 1.63. The molecule has 0 unspecified atom stereocenters. The minimum Gasteiger partial charge on any atom is -0.267 e. The van der Waals surface area contributed by atoms with E-state index in [0.29, 0.717) is 22.3 Å². The minimum atomic E-state index is -0.539. The predicted octanol–water partition coefficient (Wildman–Crippen LogP) is 4.49. The Hall–Kier alpha value is 0.570. The molecule has 0 saturated carbocycles. The highest BCUT2D eigenvalue weighted by Crippen LogP contribution is 2.45. The number of rotatable bonds is 0. The van der Waals surface area contributed by atoms with E-state index in [4.69, 9.17) is 11.8 Å². The van der Waals surface area contributed by atoms with E-state index >= 15 is 0 Å². The first kappa shape index (κ1) is 13.0. The summed E-state index contributed by atoms with van der Waals surface area (Å²) in [6.07, 6.45) is 0. The van der Waals surface area contributed by atoms with Crippen LogP contribution in [0, 0.1) is 0 Å². The van der Waals surface area contributed by atoms with Gasteiger partial charge < -0.3 is 0 Å². The van der Waals surface area contributed by atoms with Crippen molar-refractivity contribution in [3.63, 3.8) is 0 Å². The molecule has 84 valence electrons. The third-order valence-corrected chi connectivity index (χ3v) is 7.13. The summed E-state index contributed by atoms with van der Waals surface area (Å²) in [5.41, 5.74) is 0.504. The molecule has 0 bridgehead atoms. The van der Waals surface area contributed by atoms with Crippen LogP contribution in [0.15, 0.2) is 17.9 Å². The lowest BCUT2D eigenvalue weighted by atomic mass is 10.1. The van der Waals surface area contributed by atoms with E-state index in [0.717, 1.165) is 0 Å². The number of hydrogen-bond acceptors (Lipinski definition) is 2. The van der Waals surface area contributed by atoms with Crippen LogP contribution in [0.5, 0.6) is 0 Å². The Morgan fingerprint density at radius 3 is 1.38 bits per heavy atom. The van der Waals surface area contributed by atoms with Gasteiger partial charge in [-0.2, -0.15) is 4.42 Å². The SMILES string of the molecule is O=C1c2c(Br)c(Br)c(Br)c(Br)c2C(=O)N1Cl. The van der Waals surface area contributed by atoms with Gasteiger partial charge in [0.2, 0.25) is 0 Å². The number of carbonyl (C=O) groups excluding carboxylic acids is 2. The van der Waals surface area contributed by atoms with E-state index in [9.17, 15) is 9.59 Å². The molecule has 0 N–H and O–H groups in total. The number of imide groups is 1. The lowest BCUT2D eigenvalue weighted by Crippen LogP contribution is -2.18. The highest BCUT2D eigenvalue weighted by atomic mass is 79.9. The van der Waals surface area contributed by atoms with Gasteiger partial charge in [-0.25, -0.2) is 0 Å². The van der Waals surface area contributed by atoms with Gasteiger partial charge in [0.05, 0.1) is 11.1 Å². The molecule has 3 nitrogen and oxygen atoms in total. The summed E-state index contributed by atoms with van der Waals surface area (Å²) in [6, 6.07) is 0. The maximum Gasteiger partial charge on any atom is 0.277 e. The molecule has 2 rings (SSSR count). The van der Waals surface area contributed by atoms with Crippen molar-refractivity contribution < 1.29 is 9.59 Å². The van der Waals surface area contributed by atoms with E-state index in [1.54, 1.807) is 0 Å². The zero-order chi connectivity index (χ0) is 12.2. The topological polar surface area (TPSA) is 37.4 Å². The lowest BCUT2D eigenvalue weighted by molar-refractivity contribution is 0.0767. The van der Waals surface area contributed by atoms with Crippen LogP contribution in [0.2, 0.25) is 0 Å². The normalized spacial score (nSPS) is 14.7. The molecule has 0 radical (unpaired) electrons. The van der Waals surface area contributed by atoms with Gasteiger partial charge >= 0.3 is 0 Å². The Morgan fingerprint density at radius 2 is 1.06 bits per heavy atom. The van der Waals surface area contributed by atoms with Crippen molar-refractivity contribution in [3.05, 3.63) is 29.0 Å². The molecule has 0 atom stereocenters. The van der Waals surface area contributed by atoms with Gasteiger partial charge in [0.15, 0.2) is 0 Å². The first-order chi connectivity index (χ1) is 7.37. The van der Waals surface area contributed by atoms with Crippen molar-refractivity contribution in [2.75, 3.05) is 0 Å². The van der Waals surface area contributed by atoms with Crippen LogP contribution in [-0.4, -0.2) is 16.2 Å². The van der Waals surface area contributed by atoms with Crippen molar-refractivity contribution in [1.29, 1.82) is 0 Å². The maximum absolute atomic E-state index is 11.7. The van der Waals surface area contributed by atoms with Crippen LogP contribution in [-0.2, 0) is 0 Å². The molecule has 0 fully saturated rings. The Labute approximate surface area is 129 Å². The van der Waals surface area contributed by atoms with E-state index in [2.05, 4.69) is 63.7 Å². The Kier molecular flexibility index (Phi) is 3.54. The average Bonchev–Trinajstić information content (AvgIpc) is 2.48. The summed E-state index contributed by atoms with van der Waals surface area (Å²) in [6.45, 7) is 0. The molecule has 8 heteroatoms. The summed E-state index contributed by atoms with van der Waals surface area (Å²) >= 11 is 18.7. The fraction of sp³-hybridized carbons (Fsp3) is 0. The van der Waals surface area contributed by atoms with Crippen LogP contribution in [0.1, 0.15) is 20.7 Å². The molecule has 0 aliphatic carbocycles. The highest BCUT2D eigenvalue weighted by molar-refractivity contribution is 9.15. The molecule has 1 aliphatic heterocycles. The van der Waals surface area contributed by atoms with Crippen molar-refractivity contribution >= 4 is 87.3 Å². The van der Waals surface area contributed by atoms with Crippen LogP contribution in [0.3, 0.4) is 0 Å². The summed E-state index contributed by atoms with van der Waals surface area (Å²) in [4.78, 5) is 23.5. The Morgan fingerprint density at radius 1 is 0.750 bits per heavy atom. The summed E-state index contributed by atoms with van der Waals surface area (Å²) < 4.78 is 2.86. The van der Waals surface area contributed by atoms with Gasteiger partial charge in [-0.1, -0.05) is 0 Å². The fourth-order valence-corrected chi connectivity index (χ4v) is 3.95. The van der Waals surface area contributed by atoms with Crippen molar-refractivity contribution in [3.8, 4) is 0 Å². The number of nitrogens with zero attached hydrogens (tertiary/aromatic N) is 1. The van der Waals surface area contributed by atoms with E-state index < -0.39 is 11.8 Å². The van der Waals surface area contributed by atoms with Crippen LogP contribution < -0.4 is 0 Å². The standard InChI is InChI=1S/C8Br4ClNO2/c9-3-1-2(4(10)6(12)5(3)11)8(16)14(13)7(1)15. The van der Waals surface area contributed by atoms with Crippen molar-refractivity contribution in [1.82, 2.24) is 4.42 Å². The number of carbonyl (C=O) groups is 2. The molecule has 0 aromatic heterocycles. The second kappa shape index (κ2) is 4.35. The Bertz CT molecular complexity index is 499. The van der Waals surface area contributed by atoms with Crippen LogP contribution in [0.25, 0.3) is 0 Å². The zero-order valence-corrected chi connectivity index (χ0v) is 14.3. The summed E-state index contributed by atoms with van der Waals surface area (Å²) in [5.74, 6) is -1.08. The van der Waals surface area contributed by atoms with E-state index in [1.807, 2.05) is 0 Å². The number of benzene rings is 1. The second-order valence-corrected chi connectivity index (χ2v) is 6.41. The van der Waals surface area contributed by atoms with Crippen molar-refractivity contribution in [2.24, 2.45) is 0 Å². The van der Waals surface area contributed by atoms with Gasteiger partial charge in [0, 0.05) is 29.7 Å².